The minimum Gasteiger partial charge on any atom is -0.318 e. The topological polar surface area (TPSA) is 42.3 Å². The Morgan fingerprint density at radius 2 is 1.64 bits per heavy atom. The van der Waals surface area contributed by atoms with Gasteiger partial charge in [-0.1, -0.05) is 24.3 Å². The van der Waals surface area contributed by atoms with E-state index in [2.05, 4.69) is 0 Å². The second kappa shape index (κ2) is 7.13. The maximum Gasteiger partial charge on any atom is 0.298 e. The molecule has 0 bridgehead atoms. The van der Waals surface area contributed by atoms with Crippen LogP contribution in [0.3, 0.4) is 0 Å². The first-order valence-corrected chi connectivity index (χ1v) is 9.55. The normalized spacial score (nSPS) is 15.7. The molecule has 0 N–H and O–H groups in total. The third kappa shape index (κ3) is 3.16. The average molecular weight is 392 g/mol. The zero-order valence-electron chi connectivity index (χ0n) is 15.3. The molecule has 1 aliphatic rings. The summed E-state index contributed by atoms with van der Waals surface area (Å²) in [6, 6.07) is 17.2. The molecule has 6 heteroatoms. The van der Waals surface area contributed by atoms with E-state index >= 15 is 0 Å². The monoisotopic (exact) mass is 392 g/mol. The molecule has 2 amide bonds. The van der Waals surface area contributed by atoms with Crippen LogP contribution >= 0.6 is 11.8 Å². The van der Waals surface area contributed by atoms with E-state index in [1.54, 1.807) is 36.4 Å². The molecule has 0 radical (unpaired) electrons. The SMILES string of the molecule is Cc1cc(/C=C2/SC(=O)N(c3ccccc3)C2=O)c(C)n1-c1cccc(F)c1. The lowest BCUT2D eigenvalue weighted by Crippen LogP contribution is -2.27. The highest BCUT2D eigenvalue weighted by atomic mass is 32.2. The van der Waals surface area contributed by atoms with E-state index in [0.29, 0.717) is 16.3 Å². The van der Waals surface area contributed by atoms with Gasteiger partial charge in [-0.3, -0.25) is 9.59 Å². The summed E-state index contributed by atoms with van der Waals surface area (Å²) >= 11 is 0.923. The Hall–Kier alpha value is -3.12. The molecule has 2 heterocycles. The summed E-state index contributed by atoms with van der Waals surface area (Å²) in [6.07, 6.45) is 1.73. The smallest absolute Gasteiger partial charge is 0.298 e. The van der Waals surface area contributed by atoms with E-state index in [1.165, 1.54) is 17.0 Å². The standard InChI is InChI=1S/C22H17FN2O2S/c1-14-11-16(15(2)24(14)19-10-6-7-17(23)13-19)12-20-21(26)25(22(27)28-20)18-8-4-3-5-9-18/h3-13H,1-2H3/b20-12+. The number of amides is 2. The van der Waals surface area contributed by atoms with Crippen LogP contribution in [0.5, 0.6) is 0 Å². The van der Waals surface area contributed by atoms with Crippen molar-refractivity contribution >= 4 is 34.7 Å². The van der Waals surface area contributed by atoms with Crippen LogP contribution < -0.4 is 4.90 Å². The number of carbonyl (C=O) groups excluding carboxylic acids is 2. The summed E-state index contributed by atoms with van der Waals surface area (Å²) in [4.78, 5) is 26.7. The average Bonchev–Trinajstić information content (AvgIpc) is 3.11. The molecule has 0 spiro atoms. The quantitative estimate of drug-likeness (QED) is 0.555. The number of thioether (sulfide) groups is 1. The molecule has 0 atom stereocenters. The molecular weight excluding hydrogens is 375 g/mol. The van der Waals surface area contributed by atoms with Crippen molar-refractivity contribution in [2.45, 2.75) is 13.8 Å². The van der Waals surface area contributed by atoms with E-state index in [9.17, 15) is 14.0 Å². The van der Waals surface area contributed by atoms with Crippen molar-refractivity contribution in [2.24, 2.45) is 0 Å². The second-order valence-corrected chi connectivity index (χ2v) is 7.49. The van der Waals surface area contributed by atoms with Crippen molar-refractivity contribution in [3.63, 3.8) is 0 Å². The van der Waals surface area contributed by atoms with Gasteiger partial charge in [0, 0.05) is 17.1 Å². The van der Waals surface area contributed by atoms with Crippen LogP contribution in [0, 0.1) is 19.7 Å². The van der Waals surface area contributed by atoms with Crippen LogP contribution in [0.2, 0.25) is 0 Å². The van der Waals surface area contributed by atoms with Crippen molar-refractivity contribution < 1.29 is 14.0 Å². The molecule has 4 nitrogen and oxygen atoms in total. The van der Waals surface area contributed by atoms with Crippen molar-refractivity contribution in [3.8, 4) is 5.69 Å². The molecule has 0 saturated carbocycles. The number of benzene rings is 2. The molecule has 1 aliphatic heterocycles. The number of rotatable bonds is 3. The van der Waals surface area contributed by atoms with E-state index in [1.807, 2.05) is 36.6 Å². The number of imide groups is 1. The molecule has 28 heavy (non-hydrogen) atoms. The Bertz CT molecular complexity index is 1120. The minimum absolute atomic E-state index is 0.310. The van der Waals surface area contributed by atoms with Crippen LogP contribution in [0.15, 0.2) is 65.6 Å². The molecule has 1 saturated heterocycles. The predicted molar refractivity (Wildman–Crippen MR) is 110 cm³/mol. The Morgan fingerprint density at radius 3 is 2.36 bits per heavy atom. The first-order valence-electron chi connectivity index (χ1n) is 8.73. The highest BCUT2D eigenvalue weighted by molar-refractivity contribution is 8.19. The van der Waals surface area contributed by atoms with Crippen molar-refractivity contribution in [1.82, 2.24) is 4.57 Å². The third-order valence-corrected chi connectivity index (χ3v) is 5.50. The van der Waals surface area contributed by atoms with Gasteiger partial charge in [-0.25, -0.2) is 9.29 Å². The number of carbonyl (C=O) groups is 2. The summed E-state index contributed by atoms with van der Waals surface area (Å²) in [7, 11) is 0. The third-order valence-electron chi connectivity index (χ3n) is 4.63. The fourth-order valence-corrected chi connectivity index (χ4v) is 4.19. The van der Waals surface area contributed by atoms with Gasteiger partial charge in [0.15, 0.2) is 0 Å². The summed E-state index contributed by atoms with van der Waals surface area (Å²) in [5.41, 5.74) is 3.87. The highest BCUT2D eigenvalue weighted by Crippen LogP contribution is 2.36. The summed E-state index contributed by atoms with van der Waals surface area (Å²) < 4.78 is 15.6. The van der Waals surface area contributed by atoms with Crippen LogP contribution in [-0.4, -0.2) is 15.7 Å². The minimum atomic E-state index is -0.336. The molecule has 0 unspecified atom stereocenters. The van der Waals surface area contributed by atoms with Gasteiger partial charge in [-0.15, -0.1) is 0 Å². The van der Waals surface area contributed by atoms with E-state index < -0.39 is 0 Å². The molecule has 3 aromatic rings. The van der Waals surface area contributed by atoms with Gasteiger partial charge < -0.3 is 4.57 Å². The number of aryl methyl sites for hydroxylation is 1. The summed E-state index contributed by atoms with van der Waals surface area (Å²) in [6.45, 7) is 3.83. The van der Waals surface area contributed by atoms with E-state index in [0.717, 1.165) is 28.7 Å². The first kappa shape index (κ1) is 18.3. The highest BCUT2D eigenvalue weighted by Gasteiger charge is 2.36. The van der Waals surface area contributed by atoms with Gasteiger partial charge >= 0.3 is 0 Å². The van der Waals surface area contributed by atoms with Gasteiger partial charge in [0.25, 0.3) is 11.1 Å². The lowest BCUT2D eigenvalue weighted by Gasteiger charge is -2.11. The molecule has 2 aromatic carbocycles. The summed E-state index contributed by atoms with van der Waals surface area (Å²) in [5, 5.41) is -0.318. The van der Waals surface area contributed by atoms with Gasteiger partial charge in [0.1, 0.15) is 5.82 Å². The van der Waals surface area contributed by atoms with Gasteiger partial charge in [0.2, 0.25) is 0 Å². The zero-order valence-corrected chi connectivity index (χ0v) is 16.2. The van der Waals surface area contributed by atoms with Gasteiger partial charge in [-0.2, -0.15) is 0 Å². The second-order valence-electron chi connectivity index (χ2n) is 6.49. The molecule has 1 fully saturated rings. The zero-order chi connectivity index (χ0) is 19.8. The van der Waals surface area contributed by atoms with Crippen LogP contribution in [0.4, 0.5) is 14.9 Å². The predicted octanol–water partition coefficient (Wildman–Crippen LogP) is 5.47. The number of hydrogen-bond donors (Lipinski definition) is 0. The number of nitrogens with zero attached hydrogens (tertiary/aromatic N) is 2. The number of halogens is 1. The maximum atomic E-state index is 13.6. The Morgan fingerprint density at radius 1 is 0.929 bits per heavy atom. The number of para-hydroxylation sites is 1. The number of anilines is 1. The van der Waals surface area contributed by atoms with E-state index in [-0.39, 0.29) is 17.0 Å². The van der Waals surface area contributed by atoms with Crippen molar-refractivity contribution in [1.29, 1.82) is 0 Å². The first-order chi connectivity index (χ1) is 13.5. The van der Waals surface area contributed by atoms with Gasteiger partial charge in [0.05, 0.1) is 10.6 Å². The Balaban J connectivity index is 1.72. The lowest BCUT2D eigenvalue weighted by molar-refractivity contribution is -0.113. The molecule has 1 aromatic heterocycles. The Labute approximate surface area is 166 Å². The fourth-order valence-electron chi connectivity index (χ4n) is 3.35. The van der Waals surface area contributed by atoms with Crippen LogP contribution in [0.25, 0.3) is 11.8 Å². The van der Waals surface area contributed by atoms with Gasteiger partial charge in [-0.05, 0) is 73.6 Å². The van der Waals surface area contributed by atoms with E-state index in [4.69, 9.17) is 0 Å². The molecular formula is C22H17FN2O2S. The van der Waals surface area contributed by atoms with Crippen molar-refractivity contribution in [3.05, 3.63) is 88.3 Å². The summed E-state index contributed by atoms with van der Waals surface area (Å²) in [5.74, 6) is -0.646. The Kier molecular flexibility index (Phi) is 4.65. The molecule has 140 valence electrons. The van der Waals surface area contributed by atoms with Crippen molar-refractivity contribution in [2.75, 3.05) is 4.90 Å². The molecule has 4 rings (SSSR count). The largest absolute Gasteiger partial charge is 0.318 e. The fraction of sp³-hybridized carbons (Fsp3) is 0.0909. The van der Waals surface area contributed by atoms with Crippen LogP contribution in [0.1, 0.15) is 17.0 Å². The number of aromatic nitrogens is 1. The maximum absolute atomic E-state index is 13.6. The number of hydrogen-bond acceptors (Lipinski definition) is 3. The lowest BCUT2D eigenvalue weighted by atomic mass is 10.2. The molecule has 0 aliphatic carbocycles. The van der Waals surface area contributed by atoms with Crippen LogP contribution in [-0.2, 0) is 4.79 Å².